The summed E-state index contributed by atoms with van der Waals surface area (Å²) in [7, 11) is -2.96. The van der Waals surface area contributed by atoms with Crippen LogP contribution in [0.2, 0.25) is 5.02 Å². The van der Waals surface area contributed by atoms with Crippen LogP contribution in [0.15, 0.2) is 24.3 Å². The van der Waals surface area contributed by atoms with Crippen LogP contribution in [0.4, 0.5) is 0 Å². The third kappa shape index (κ3) is 2.96. The molecule has 7 heteroatoms. The Morgan fingerprint density at radius 1 is 1.21 bits per heavy atom. The van der Waals surface area contributed by atoms with Gasteiger partial charge in [0.05, 0.1) is 17.1 Å². The van der Waals surface area contributed by atoms with Crippen molar-refractivity contribution in [3.8, 4) is 0 Å². The molecule has 1 fully saturated rings. The van der Waals surface area contributed by atoms with E-state index < -0.39 is 15.4 Å². The molecule has 130 valence electrons. The Kier molecular flexibility index (Phi) is 3.91. The highest BCUT2D eigenvalue weighted by atomic mass is 35.5. The maximum absolute atomic E-state index is 11.6. The number of β-amino-alcohol motifs (C(OH)–C–C–N with tert-alkyl or cyclic N) is 1. The molecule has 0 atom stereocenters. The normalized spacial score (nSPS) is 23.2. The fraction of sp³-hybridized carbons (Fsp3) is 0.529. The zero-order chi connectivity index (χ0) is 16.9. The molecule has 1 aromatic carbocycles. The Hall–Kier alpha value is -1.08. The number of fused-ring (bicyclic) bond motifs is 3. The Balaban J connectivity index is 1.53. The van der Waals surface area contributed by atoms with Crippen molar-refractivity contribution in [1.29, 1.82) is 0 Å². The number of aromatic nitrogens is 1. The van der Waals surface area contributed by atoms with E-state index in [1.54, 1.807) is 0 Å². The lowest BCUT2D eigenvalue weighted by Gasteiger charge is -2.38. The van der Waals surface area contributed by atoms with Gasteiger partial charge in [-0.15, -0.1) is 0 Å². The Morgan fingerprint density at radius 3 is 2.71 bits per heavy atom. The van der Waals surface area contributed by atoms with Crippen LogP contribution >= 0.6 is 11.6 Å². The van der Waals surface area contributed by atoms with Gasteiger partial charge in [-0.1, -0.05) is 17.7 Å². The summed E-state index contributed by atoms with van der Waals surface area (Å²) in [4.78, 5) is 2.22. The molecule has 3 heterocycles. The van der Waals surface area contributed by atoms with Crippen molar-refractivity contribution in [2.45, 2.75) is 31.5 Å². The molecule has 0 amide bonds. The fourth-order valence-corrected chi connectivity index (χ4v) is 5.69. The van der Waals surface area contributed by atoms with Crippen molar-refractivity contribution in [3.63, 3.8) is 0 Å². The predicted octanol–water partition coefficient (Wildman–Crippen LogP) is 2.05. The van der Waals surface area contributed by atoms with Gasteiger partial charge >= 0.3 is 0 Å². The van der Waals surface area contributed by atoms with Crippen LogP contribution in [0.1, 0.15) is 18.5 Å². The predicted molar refractivity (Wildman–Crippen MR) is 95.1 cm³/mol. The zero-order valence-electron chi connectivity index (χ0n) is 13.4. The molecule has 5 nitrogen and oxygen atoms in total. The van der Waals surface area contributed by atoms with Crippen LogP contribution in [0.25, 0.3) is 10.9 Å². The molecule has 2 aliphatic heterocycles. The van der Waals surface area contributed by atoms with E-state index in [0.29, 0.717) is 19.4 Å². The number of halogens is 1. The Labute approximate surface area is 146 Å². The number of aliphatic hydroxyl groups is 1. The van der Waals surface area contributed by atoms with Crippen molar-refractivity contribution in [2.75, 3.05) is 24.6 Å². The second kappa shape index (κ2) is 5.73. The number of sulfone groups is 1. The van der Waals surface area contributed by atoms with E-state index in [-0.39, 0.29) is 11.5 Å². The molecule has 0 bridgehead atoms. The van der Waals surface area contributed by atoms with Gasteiger partial charge in [0, 0.05) is 47.8 Å². The van der Waals surface area contributed by atoms with E-state index in [1.165, 1.54) is 5.69 Å². The third-order valence-corrected chi connectivity index (χ3v) is 7.26. The largest absolute Gasteiger partial charge is 0.388 e. The van der Waals surface area contributed by atoms with Crippen LogP contribution in [-0.4, -0.2) is 53.2 Å². The van der Waals surface area contributed by atoms with E-state index in [4.69, 9.17) is 11.6 Å². The highest BCUT2D eigenvalue weighted by molar-refractivity contribution is 7.91. The first kappa shape index (κ1) is 16.4. The average molecular weight is 369 g/mol. The van der Waals surface area contributed by atoms with Crippen molar-refractivity contribution in [2.24, 2.45) is 0 Å². The summed E-state index contributed by atoms with van der Waals surface area (Å²) in [6.45, 7) is 2.98. The van der Waals surface area contributed by atoms with Crippen molar-refractivity contribution >= 4 is 32.3 Å². The molecule has 0 aliphatic carbocycles. The summed E-state index contributed by atoms with van der Waals surface area (Å²) in [5.41, 5.74) is 1.45. The molecule has 24 heavy (non-hydrogen) atoms. The number of benzene rings is 1. The molecule has 2 aromatic rings. The van der Waals surface area contributed by atoms with Gasteiger partial charge in [0.1, 0.15) is 0 Å². The second-order valence-electron chi connectivity index (χ2n) is 7.05. The number of hydrogen-bond donors (Lipinski definition) is 1. The van der Waals surface area contributed by atoms with Gasteiger partial charge in [-0.25, -0.2) is 8.42 Å². The molecule has 4 rings (SSSR count). The molecule has 0 unspecified atom stereocenters. The smallest absolute Gasteiger partial charge is 0.150 e. The summed E-state index contributed by atoms with van der Waals surface area (Å²) in [5.74, 6) is 0.181. The second-order valence-corrected chi connectivity index (χ2v) is 9.76. The number of hydrogen-bond acceptors (Lipinski definition) is 4. The molecular weight excluding hydrogens is 348 g/mol. The quantitative estimate of drug-likeness (QED) is 0.881. The first-order chi connectivity index (χ1) is 11.4. The lowest BCUT2D eigenvalue weighted by atomic mass is 9.96. The van der Waals surface area contributed by atoms with Gasteiger partial charge in [0.25, 0.3) is 0 Å². The zero-order valence-corrected chi connectivity index (χ0v) is 15.0. The first-order valence-electron chi connectivity index (χ1n) is 8.27. The molecule has 1 aromatic heterocycles. The Morgan fingerprint density at radius 2 is 1.96 bits per heavy atom. The van der Waals surface area contributed by atoms with E-state index in [9.17, 15) is 13.5 Å². The lowest BCUT2D eigenvalue weighted by molar-refractivity contribution is -0.0112. The summed E-state index contributed by atoms with van der Waals surface area (Å²) < 4.78 is 25.5. The third-order valence-electron chi connectivity index (χ3n) is 5.28. The minimum atomic E-state index is -2.96. The molecule has 0 spiro atoms. The van der Waals surface area contributed by atoms with Crippen LogP contribution in [0.3, 0.4) is 0 Å². The topological polar surface area (TPSA) is 62.5 Å². The summed E-state index contributed by atoms with van der Waals surface area (Å²) in [6, 6.07) is 8.08. The summed E-state index contributed by atoms with van der Waals surface area (Å²) >= 11 is 6.29. The average Bonchev–Trinajstić information content (AvgIpc) is 2.90. The Bertz CT molecular complexity index is 877. The van der Waals surface area contributed by atoms with E-state index in [1.807, 2.05) is 12.1 Å². The van der Waals surface area contributed by atoms with Crippen molar-refractivity contribution < 1.29 is 13.5 Å². The molecule has 1 N–H and O–H groups in total. The van der Waals surface area contributed by atoms with E-state index >= 15 is 0 Å². The SMILES string of the molecule is O=S1(=O)CCC(O)(CN2CCn3c(cc4c(Cl)cccc43)C2)CC1. The van der Waals surface area contributed by atoms with Crippen LogP contribution in [0.5, 0.6) is 0 Å². The van der Waals surface area contributed by atoms with Gasteiger partial charge in [0.2, 0.25) is 0 Å². The monoisotopic (exact) mass is 368 g/mol. The molecule has 0 saturated carbocycles. The summed E-state index contributed by atoms with van der Waals surface area (Å²) in [6.07, 6.45) is 0.668. The van der Waals surface area contributed by atoms with Gasteiger partial charge < -0.3 is 9.67 Å². The number of rotatable bonds is 2. The number of nitrogens with zero attached hydrogens (tertiary/aromatic N) is 2. The van der Waals surface area contributed by atoms with Crippen LogP contribution < -0.4 is 0 Å². The van der Waals surface area contributed by atoms with Gasteiger partial charge in [-0.05, 0) is 31.0 Å². The highest BCUT2D eigenvalue weighted by Gasteiger charge is 2.37. The first-order valence-corrected chi connectivity index (χ1v) is 10.5. The maximum Gasteiger partial charge on any atom is 0.150 e. The minimum absolute atomic E-state index is 0.0905. The molecule has 0 radical (unpaired) electrons. The van der Waals surface area contributed by atoms with Crippen molar-refractivity contribution in [1.82, 2.24) is 9.47 Å². The summed E-state index contributed by atoms with van der Waals surface area (Å²) in [5, 5.41) is 12.6. The standard InChI is InChI=1S/C17H21ClN2O3S/c18-15-2-1-3-16-14(15)10-13-11-19(6-7-20(13)16)12-17(21)4-8-24(22,23)9-5-17/h1-3,10,21H,4-9,11-12H2. The van der Waals surface area contributed by atoms with E-state index in [2.05, 4.69) is 21.6 Å². The van der Waals surface area contributed by atoms with Gasteiger partial charge in [-0.3, -0.25) is 4.90 Å². The van der Waals surface area contributed by atoms with Gasteiger partial charge in [0.15, 0.2) is 9.84 Å². The highest BCUT2D eigenvalue weighted by Crippen LogP contribution is 2.31. The van der Waals surface area contributed by atoms with Crippen LogP contribution in [0, 0.1) is 0 Å². The maximum atomic E-state index is 11.6. The lowest BCUT2D eigenvalue weighted by Crippen LogP contribution is -2.49. The molecular formula is C17H21ClN2O3S. The fourth-order valence-electron chi connectivity index (χ4n) is 3.88. The van der Waals surface area contributed by atoms with Gasteiger partial charge in [-0.2, -0.15) is 0 Å². The van der Waals surface area contributed by atoms with Crippen LogP contribution in [-0.2, 0) is 22.9 Å². The molecule has 2 aliphatic rings. The van der Waals surface area contributed by atoms with E-state index in [0.717, 1.165) is 35.6 Å². The van der Waals surface area contributed by atoms with Crippen molar-refractivity contribution in [3.05, 3.63) is 35.0 Å². The minimum Gasteiger partial charge on any atom is -0.388 e. The molecule has 1 saturated heterocycles.